The molecule has 0 amide bonds. The third-order valence-electron chi connectivity index (χ3n) is 6.16. The molecule has 0 spiro atoms. The lowest BCUT2D eigenvalue weighted by molar-refractivity contribution is -0.00388. The SMILES string of the molecule is CCCCC1CCC(n2ccc(CNCc3ccc(C)cc3)c2C(C)CC)O1. The molecule has 154 valence electrons. The van der Waals surface area contributed by atoms with Crippen LogP contribution in [0.5, 0.6) is 0 Å². The summed E-state index contributed by atoms with van der Waals surface area (Å²) in [7, 11) is 0. The Kier molecular flexibility index (Phi) is 7.75. The van der Waals surface area contributed by atoms with Gasteiger partial charge in [-0.05, 0) is 55.7 Å². The highest BCUT2D eigenvalue weighted by Gasteiger charge is 2.28. The van der Waals surface area contributed by atoms with Crippen molar-refractivity contribution in [2.24, 2.45) is 0 Å². The summed E-state index contributed by atoms with van der Waals surface area (Å²) in [5.74, 6) is 0.546. The maximum Gasteiger partial charge on any atom is 0.134 e. The monoisotopic (exact) mass is 382 g/mol. The number of ether oxygens (including phenoxy) is 1. The fraction of sp³-hybridized carbons (Fsp3) is 0.600. The molecule has 1 aliphatic heterocycles. The number of aryl methyl sites for hydroxylation is 1. The zero-order valence-electron chi connectivity index (χ0n) is 18.2. The Bertz CT molecular complexity index is 719. The van der Waals surface area contributed by atoms with E-state index >= 15 is 0 Å². The number of rotatable bonds is 10. The third kappa shape index (κ3) is 5.27. The number of unbranched alkanes of at least 4 members (excludes halogenated alkanes) is 1. The topological polar surface area (TPSA) is 26.2 Å². The summed E-state index contributed by atoms with van der Waals surface area (Å²) < 4.78 is 8.86. The normalized spacial score (nSPS) is 20.6. The molecule has 0 aliphatic carbocycles. The van der Waals surface area contributed by atoms with Crippen molar-refractivity contribution in [2.45, 2.75) is 97.6 Å². The number of nitrogens with zero attached hydrogens (tertiary/aromatic N) is 1. The molecule has 1 aromatic carbocycles. The molecule has 0 saturated carbocycles. The van der Waals surface area contributed by atoms with Crippen LogP contribution in [0.3, 0.4) is 0 Å². The van der Waals surface area contributed by atoms with Gasteiger partial charge in [-0.1, -0.05) is 63.4 Å². The smallest absolute Gasteiger partial charge is 0.134 e. The van der Waals surface area contributed by atoms with Crippen molar-refractivity contribution in [1.82, 2.24) is 9.88 Å². The fourth-order valence-electron chi connectivity index (χ4n) is 4.25. The first-order chi connectivity index (χ1) is 13.6. The molecule has 1 aromatic heterocycles. The molecule has 3 nitrogen and oxygen atoms in total. The first kappa shape index (κ1) is 21.1. The predicted molar refractivity (Wildman–Crippen MR) is 118 cm³/mol. The molecule has 1 N–H and O–H groups in total. The van der Waals surface area contributed by atoms with Crippen LogP contribution in [0.25, 0.3) is 0 Å². The van der Waals surface area contributed by atoms with Crippen molar-refractivity contribution >= 4 is 0 Å². The molecule has 1 aliphatic rings. The predicted octanol–water partition coefficient (Wildman–Crippen LogP) is 6.47. The van der Waals surface area contributed by atoms with Crippen LogP contribution in [0.4, 0.5) is 0 Å². The van der Waals surface area contributed by atoms with Gasteiger partial charge < -0.3 is 14.6 Å². The lowest BCUT2D eigenvalue weighted by Gasteiger charge is -2.22. The van der Waals surface area contributed by atoms with Crippen molar-refractivity contribution in [3.05, 3.63) is 58.9 Å². The molecule has 3 atom stereocenters. The molecule has 3 unspecified atom stereocenters. The van der Waals surface area contributed by atoms with Gasteiger partial charge in [0.05, 0.1) is 6.10 Å². The lowest BCUT2D eigenvalue weighted by Crippen LogP contribution is -2.18. The van der Waals surface area contributed by atoms with E-state index in [0.717, 1.165) is 25.9 Å². The molecular weight excluding hydrogens is 344 g/mol. The van der Waals surface area contributed by atoms with Gasteiger partial charge in [-0.3, -0.25) is 0 Å². The van der Waals surface area contributed by atoms with Gasteiger partial charge in [-0.25, -0.2) is 0 Å². The fourth-order valence-corrected chi connectivity index (χ4v) is 4.25. The van der Waals surface area contributed by atoms with E-state index in [1.165, 1.54) is 48.1 Å². The van der Waals surface area contributed by atoms with Gasteiger partial charge in [0.1, 0.15) is 6.23 Å². The summed E-state index contributed by atoms with van der Waals surface area (Å²) in [5, 5.41) is 3.64. The highest BCUT2D eigenvalue weighted by molar-refractivity contribution is 5.27. The number of aromatic nitrogens is 1. The summed E-state index contributed by atoms with van der Waals surface area (Å²) in [6.45, 7) is 10.8. The Morgan fingerprint density at radius 1 is 1.11 bits per heavy atom. The van der Waals surface area contributed by atoms with Gasteiger partial charge in [0.2, 0.25) is 0 Å². The Hall–Kier alpha value is -1.58. The van der Waals surface area contributed by atoms with E-state index in [0.29, 0.717) is 12.0 Å². The summed E-state index contributed by atoms with van der Waals surface area (Å²) in [6, 6.07) is 11.1. The van der Waals surface area contributed by atoms with E-state index in [2.05, 4.69) is 74.1 Å². The Morgan fingerprint density at radius 3 is 2.61 bits per heavy atom. The van der Waals surface area contributed by atoms with Gasteiger partial charge in [-0.15, -0.1) is 0 Å². The van der Waals surface area contributed by atoms with Crippen LogP contribution in [-0.4, -0.2) is 10.7 Å². The highest BCUT2D eigenvalue weighted by atomic mass is 16.5. The summed E-state index contributed by atoms with van der Waals surface area (Å²) >= 11 is 0. The largest absolute Gasteiger partial charge is 0.355 e. The first-order valence-electron chi connectivity index (χ1n) is 11.2. The van der Waals surface area contributed by atoms with Gasteiger partial charge in [-0.2, -0.15) is 0 Å². The molecule has 2 aromatic rings. The summed E-state index contributed by atoms with van der Waals surface area (Å²) in [4.78, 5) is 0. The Morgan fingerprint density at radius 2 is 1.89 bits per heavy atom. The quantitative estimate of drug-likeness (QED) is 0.510. The van der Waals surface area contributed by atoms with Crippen molar-refractivity contribution in [3.63, 3.8) is 0 Å². The average molecular weight is 383 g/mol. The average Bonchev–Trinajstić information content (AvgIpc) is 3.34. The van der Waals surface area contributed by atoms with E-state index in [1.54, 1.807) is 0 Å². The molecule has 0 radical (unpaired) electrons. The molecule has 2 heterocycles. The van der Waals surface area contributed by atoms with Gasteiger partial charge in [0.25, 0.3) is 0 Å². The van der Waals surface area contributed by atoms with Crippen molar-refractivity contribution in [2.75, 3.05) is 0 Å². The number of nitrogens with one attached hydrogen (secondary N) is 1. The maximum absolute atomic E-state index is 6.43. The van der Waals surface area contributed by atoms with Crippen molar-refractivity contribution < 1.29 is 4.74 Å². The molecule has 3 rings (SSSR count). The summed E-state index contributed by atoms with van der Waals surface area (Å²) in [5.41, 5.74) is 5.53. The van der Waals surface area contributed by atoms with E-state index in [9.17, 15) is 0 Å². The second-order valence-electron chi connectivity index (χ2n) is 8.46. The first-order valence-corrected chi connectivity index (χ1v) is 11.2. The number of hydrogen-bond donors (Lipinski definition) is 1. The van der Waals surface area contributed by atoms with Gasteiger partial charge in [0.15, 0.2) is 0 Å². The molecule has 1 saturated heterocycles. The van der Waals surface area contributed by atoms with Crippen LogP contribution in [0.1, 0.15) is 93.8 Å². The molecular formula is C25H38N2O. The van der Waals surface area contributed by atoms with Crippen LogP contribution in [0.2, 0.25) is 0 Å². The van der Waals surface area contributed by atoms with Crippen LogP contribution >= 0.6 is 0 Å². The molecule has 1 fully saturated rings. The van der Waals surface area contributed by atoms with Crippen LogP contribution < -0.4 is 5.32 Å². The standard InChI is InChI=1S/C25H38N2O/c1-5-7-8-23-13-14-24(28-23)27-16-15-22(25(27)20(4)6-2)18-26-17-21-11-9-19(3)10-12-21/h9-12,15-16,20,23-24,26H,5-8,13-14,17-18H2,1-4H3. The van der Waals surface area contributed by atoms with E-state index < -0.39 is 0 Å². The minimum absolute atomic E-state index is 0.219. The van der Waals surface area contributed by atoms with Crippen LogP contribution in [0.15, 0.2) is 36.5 Å². The Balaban J connectivity index is 1.65. The third-order valence-corrected chi connectivity index (χ3v) is 6.16. The number of benzene rings is 1. The van der Waals surface area contributed by atoms with Gasteiger partial charge >= 0.3 is 0 Å². The Labute approximate surface area is 171 Å². The van der Waals surface area contributed by atoms with Gasteiger partial charge in [0, 0.05) is 25.0 Å². The van der Waals surface area contributed by atoms with Crippen LogP contribution in [-0.2, 0) is 17.8 Å². The van der Waals surface area contributed by atoms with Crippen molar-refractivity contribution in [3.8, 4) is 0 Å². The second kappa shape index (κ2) is 10.3. The zero-order valence-corrected chi connectivity index (χ0v) is 18.2. The lowest BCUT2D eigenvalue weighted by atomic mass is 10.0. The molecule has 28 heavy (non-hydrogen) atoms. The van der Waals surface area contributed by atoms with E-state index in [-0.39, 0.29) is 6.23 Å². The summed E-state index contributed by atoms with van der Waals surface area (Å²) in [6.07, 6.45) is 10.2. The van der Waals surface area contributed by atoms with Crippen LogP contribution in [0, 0.1) is 6.92 Å². The minimum atomic E-state index is 0.219. The van der Waals surface area contributed by atoms with E-state index in [4.69, 9.17) is 4.74 Å². The molecule has 3 heteroatoms. The van der Waals surface area contributed by atoms with Crippen molar-refractivity contribution in [1.29, 1.82) is 0 Å². The number of hydrogen-bond acceptors (Lipinski definition) is 2. The maximum atomic E-state index is 6.43. The zero-order chi connectivity index (χ0) is 19.9. The highest BCUT2D eigenvalue weighted by Crippen LogP contribution is 2.35. The molecule has 0 bridgehead atoms. The van der Waals surface area contributed by atoms with E-state index in [1.807, 2.05) is 0 Å². The second-order valence-corrected chi connectivity index (χ2v) is 8.46. The minimum Gasteiger partial charge on any atom is -0.355 e.